The van der Waals surface area contributed by atoms with Gasteiger partial charge < -0.3 is 20.5 Å². The standard InChI is InChI=1S/C9H14N4O3/c14-9(1-3-10-4-2-9)5-7-6-11-12-8(7)13(15)16/h6,10,14H,1-5H2,(H,11,12). The molecule has 1 saturated heterocycles. The van der Waals surface area contributed by atoms with Crippen LogP contribution in [0, 0.1) is 10.1 Å². The number of nitrogens with zero attached hydrogens (tertiary/aromatic N) is 2. The second kappa shape index (κ2) is 4.18. The first-order valence-electron chi connectivity index (χ1n) is 5.20. The number of piperidine rings is 1. The first-order valence-corrected chi connectivity index (χ1v) is 5.20. The van der Waals surface area contributed by atoms with E-state index in [1.165, 1.54) is 6.20 Å². The van der Waals surface area contributed by atoms with Crippen molar-refractivity contribution in [3.05, 3.63) is 21.9 Å². The molecule has 2 heterocycles. The van der Waals surface area contributed by atoms with E-state index in [0.717, 1.165) is 13.1 Å². The number of hydrogen-bond donors (Lipinski definition) is 3. The quantitative estimate of drug-likeness (QED) is 0.496. The van der Waals surface area contributed by atoms with E-state index in [2.05, 4.69) is 15.5 Å². The average Bonchev–Trinajstić information content (AvgIpc) is 2.66. The highest BCUT2D eigenvalue weighted by Gasteiger charge is 2.32. The van der Waals surface area contributed by atoms with Gasteiger partial charge in [-0.15, -0.1) is 5.10 Å². The Kier molecular flexibility index (Phi) is 2.88. The molecule has 88 valence electrons. The molecule has 1 aliphatic heterocycles. The van der Waals surface area contributed by atoms with Crippen LogP contribution in [-0.4, -0.2) is 38.9 Å². The Morgan fingerprint density at radius 2 is 2.25 bits per heavy atom. The third kappa shape index (κ3) is 2.20. The van der Waals surface area contributed by atoms with Crippen molar-refractivity contribution in [3.8, 4) is 0 Å². The summed E-state index contributed by atoms with van der Waals surface area (Å²) in [6, 6.07) is 0. The monoisotopic (exact) mass is 226 g/mol. The van der Waals surface area contributed by atoms with Crippen molar-refractivity contribution in [2.45, 2.75) is 24.9 Å². The zero-order valence-electron chi connectivity index (χ0n) is 8.77. The van der Waals surface area contributed by atoms with Gasteiger partial charge in [0, 0.05) is 6.42 Å². The molecule has 0 radical (unpaired) electrons. The Morgan fingerprint density at radius 1 is 1.56 bits per heavy atom. The second-order valence-electron chi connectivity index (χ2n) is 4.15. The van der Waals surface area contributed by atoms with E-state index in [0.29, 0.717) is 18.4 Å². The average molecular weight is 226 g/mol. The summed E-state index contributed by atoms with van der Waals surface area (Å²) in [7, 11) is 0. The molecule has 0 saturated carbocycles. The molecule has 0 bridgehead atoms. The molecule has 16 heavy (non-hydrogen) atoms. The molecule has 2 rings (SSSR count). The maximum atomic E-state index is 10.7. The van der Waals surface area contributed by atoms with E-state index in [9.17, 15) is 15.2 Å². The lowest BCUT2D eigenvalue weighted by Crippen LogP contribution is -2.43. The van der Waals surface area contributed by atoms with Gasteiger partial charge in [0.2, 0.25) is 0 Å². The Labute approximate surface area is 92.0 Å². The number of rotatable bonds is 3. The third-order valence-electron chi connectivity index (χ3n) is 2.93. The maximum Gasteiger partial charge on any atom is 0.345 e. The van der Waals surface area contributed by atoms with Gasteiger partial charge >= 0.3 is 5.82 Å². The summed E-state index contributed by atoms with van der Waals surface area (Å²) in [6.45, 7) is 1.48. The Hall–Kier alpha value is -1.47. The van der Waals surface area contributed by atoms with Crippen LogP contribution in [0.4, 0.5) is 5.82 Å². The van der Waals surface area contributed by atoms with Crippen molar-refractivity contribution in [1.82, 2.24) is 15.5 Å². The summed E-state index contributed by atoms with van der Waals surface area (Å²) in [5.74, 6) is -0.119. The molecule has 0 aliphatic carbocycles. The van der Waals surface area contributed by atoms with Gasteiger partial charge in [0.25, 0.3) is 0 Å². The molecule has 1 fully saturated rings. The van der Waals surface area contributed by atoms with E-state index in [4.69, 9.17) is 0 Å². The van der Waals surface area contributed by atoms with Gasteiger partial charge in [-0.2, -0.15) is 0 Å². The number of nitro groups is 1. The van der Waals surface area contributed by atoms with Crippen LogP contribution in [0.15, 0.2) is 6.20 Å². The first-order chi connectivity index (χ1) is 7.61. The largest absolute Gasteiger partial charge is 0.389 e. The van der Waals surface area contributed by atoms with Crippen LogP contribution < -0.4 is 5.32 Å². The van der Waals surface area contributed by atoms with Crippen molar-refractivity contribution >= 4 is 5.82 Å². The van der Waals surface area contributed by atoms with Gasteiger partial charge in [-0.05, 0) is 30.9 Å². The molecule has 0 aromatic carbocycles. The molecule has 3 N–H and O–H groups in total. The zero-order chi connectivity index (χ0) is 11.6. The lowest BCUT2D eigenvalue weighted by molar-refractivity contribution is -0.390. The van der Waals surface area contributed by atoms with Gasteiger partial charge in [0.05, 0.1) is 17.4 Å². The summed E-state index contributed by atoms with van der Waals surface area (Å²) >= 11 is 0. The number of aromatic amines is 1. The smallest absolute Gasteiger partial charge is 0.345 e. The molecule has 0 spiro atoms. The van der Waals surface area contributed by atoms with Crippen LogP contribution in [-0.2, 0) is 6.42 Å². The number of hydrogen-bond acceptors (Lipinski definition) is 5. The Balaban J connectivity index is 2.13. The fraction of sp³-hybridized carbons (Fsp3) is 0.667. The van der Waals surface area contributed by atoms with Crippen LogP contribution in [0.1, 0.15) is 18.4 Å². The predicted molar refractivity (Wildman–Crippen MR) is 56.0 cm³/mol. The number of aliphatic hydroxyl groups is 1. The van der Waals surface area contributed by atoms with E-state index in [-0.39, 0.29) is 12.2 Å². The minimum absolute atomic E-state index is 0.119. The summed E-state index contributed by atoms with van der Waals surface area (Å²) < 4.78 is 0. The predicted octanol–water partition coefficient (Wildman–Crippen LogP) is -0.0251. The molecule has 0 atom stereocenters. The van der Waals surface area contributed by atoms with Gasteiger partial charge in [-0.3, -0.25) is 0 Å². The van der Waals surface area contributed by atoms with E-state index >= 15 is 0 Å². The first kappa shape index (κ1) is 11.0. The minimum Gasteiger partial charge on any atom is -0.389 e. The molecule has 7 nitrogen and oxygen atoms in total. The van der Waals surface area contributed by atoms with Crippen molar-refractivity contribution in [3.63, 3.8) is 0 Å². The zero-order valence-corrected chi connectivity index (χ0v) is 8.77. The van der Waals surface area contributed by atoms with Crippen molar-refractivity contribution in [1.29, 1.82) is 0 Å². The minimum atomic E-state index is -0.847. The number of H-pyrrole nitrogens is 1. The second-order valence-corrected chi connectivity index (χ2v) is 4.15. The van der Waals surface area contributed by atoms with Gasteiger partial charge in [0.1, 0.15) is 0 Å². The Bertz CT molecular complexity index is 384. The topological polar surface area (TPSA) is 104 Å². The van der Waals surface area contributed by atoms with Crippen LogP contribution in [0.5, 0.6) is 0 Å². The fourth-order valence-electron chi connectivity index (χ4n) is 2.02. The molecular weight excluding hydrogens is 212 g/mol. The molecule has 1 aliphatic rings. The molecular formula is C9H14N4O3. The summed E-state index contributed by atoms with van der Waals surface area (Å²) in [6.07, 6.45) is 2.91. The highest BCUT2D eigenvalue weighted by molar-refractivity contribution is 5.31. The number of nitrogens with one attached hydrogen (secondary N) is 2. The third-order valence-corrected chi connectivity index (χ3v) is 2.93. The highest BCUT2D eigenvalue weighted by atomic mass is 16.6. The van der Waals surface area contributed by atoms with Crippen molar-refractivity contribution < 1.29 is 10.0 Å². The molecule has 1 aromatic heterocycles. The van der Waals surface area contributed by atoms with E-state index in [1.807, 2.05) is 0 Å². The van der Waals surface area contributed by atoms with Crippen LogP contribution >= 0.6 is 0 Å². The van der Waals surface area contributed by atoms with Crippen LogP contribution in [0.3, 0.4) is 0 Å². The van der Waals surface area contributed by atoms with Crippen molar-refractivity contribution in [2.75, 3.05) is 13.1 Å². The van der Waals surface area contributed by atoms with E-state index in [1.54, 1.807) is 0 Å². The lowest BCUT2D eigenvalue weighted by Gasteiger charge is -2.31. The summed E-state index contributed by atoms with van der Waals surface area (Å²) in [5, 5.41) is 30.0. The SMILES string of the molecule is O=[N+]([O-])c1[nH]ncc1CC1(O)CCNCC1. The van der Waals surface area contributed by atoms with Crippen LogP contribution in [0.2, 0.25) is 0 Å². The van der Waals surface area contributed by atoms with Crippen LogP contribution in [0.25, 0.3) is 0 Å². The lowest BCUT2D eigenvalue weighted by atomic mass is 9.87. The Morgan fingerprint density at radius 3 is 2.88 bits per heavy atom. The van der Waals surface area contributed by atoms with Gasteiger partial charge in [0.15, 0.2) is 0 Å². The van der Waals surface area contributed by atoms with Gasteiger partial charge in [-0.1, -0.05) is 5.10 Å². The maximum absolute atomic E-state index is 10.7. The normalized spacial score (nSPS) is 19.6. The van der Waals surface area contributed by atoms with Crippen molar-refractivity contribution in [2.24, 2.45) is 0 Å². The van der Waals surface area contributed by atoms with E-state index < -0.39 is 10.5 Å². The fourth-order valence-corrected chi connectivity index (χ4v) is 2.02. The summed E-state index contributed by atoms with van der Waals surface area (Å²) in [4.78, 5) is 10.2. The molecule has 1 aromatic rings. The summed E-state index contributed by atoms with van der Waals surface area (Å²) in [5.41, 5.74) is -0.380. The number of aromatic nitrogens is 2. The van der Waals surface area contributed by atoms with Gasteiger partial charge in [-0.25, -0.2) is 0 Å². The highest BCUT2D eigenvalue weighted by Crippen LogP contribution is 2.26. The molecule has 7 heteroatoms. The molecule has 0 amide bonds. The molecule has 0 unspecified atom stereocenters.